The van der Waals surface area contributed by atoms with Gasteiger partial charge in [-0.2, -0.15) is 0 Å². The highest BCUT2D eigenvalue weighted by Gasteiger charge is 2.04. The molecule has 90 valence electrons. The fourth-order valence-corrected chi connectivity index (χ4v) is 2.32. The Morgan fingerprint density at radius 1 is 1.29 bits per heavy atom. The first kappa shape index (κ1) is 11.9. The van der Waals surface area contributed by atoms with Gasteiger partial charge in [0.05, 0.1) is 12.3 Å². The normalized spacial score (nSPS) is 10.5. The lowest BCUT2D eigenvalue weighted by Gasteiger charge is -2.11. The van der Waals surface area contributed by atoms with Gasteiger partial charge in [0.25, 0.3) is 0 Å². The predicted molar refractivity (Wildman–Crippen MR) is 71.6 cm³/mol. The summed E-state index contributed by atoms with van der Waals surface area (Å²) in [6.45, 7) is 4.75. The summed E-state index contributed by atoms with van der Waals surface area (Å²) in [4.78, 5) is 4.20. The number of rotatable bonds is 4. The van der Waals surface area contributed by atoms with Gasteiger partial charge in [-0.25, -0.2) is 4.98 Å². The van der Waals surface area contributed by atoms with Gasteiger partial charge in [-0.15, -0.1) is 11.3 Å². The molecule has 0 aliphatic heterocycles. The second-order valence-corrected chi connectivity index (χ2v) is 4.89. The topological polar surface area (TPSA) is 48.1 Å². The lowest BCUT2D eigenvalue weighted by Crippen LogP contribution is -2.04. The van der Waals surface area contributed by atoms with Crippen molar-refractivity contribution in [1.29, 1.82) is 0 Å². The standard InChI is InChI=1S/C13H16N2OS/c1-9-4-3-5-10(2)12(9)16-7-6-11-8-17-13(14)15-11/h3-5,8H,6-7H2,1-2H3,(H2,14,15). The lowest BCUT2D eigenvalue weighted by atomic mass is 10.1. The molecule has 0 amide bonds. The number of anilines is 1. The number of aromatic nitrogens is 1. The van der Waals surface area contributed by atoms with Crippen molar-refractivity contribution in [3.05, 3.63) is 40.4 Å². The molecule has 2 aromatic rings. The first-order valence-corrected chi connectivity index (χ1v) is 6.43. The molecular formula is C13H16N2OS. The molecule has 0 spiro atoms. The third-order valence-corrected chi connectivity index (χ3v) is 3.31. The fourth-order valence-electron chi connectivity index (χ4n) is 1.72. The second kappa shape index (κ2) is 5.19. The van der Waals surface area contributed by atoms with Crippen molar-refractivity contribution in [2.24, 2.45) is 0 Å². The van der Waals surface area contributed by atoms with Crippen molar-refractivity contribution in [1.82, 2.24) is 4.98 Å². The van der Waals surface area contributed by atoms with Gasteiger partial charge in [0, 0.05) is 11.8 Å². The Bertz CT molecular complexity index is 488. The summed E-state index contributed by atoms with van der Waals surface area (Å²) < 4.78 is 5.80. The number of hydrogen-bond acceptors (Lipinski definition) is 4. The summed E-state index contributed by atoms with van der Waals surface area (Å²) in [6, 6.07) is 6.16. The largest absolute Gasteiger partial charge is 0.493 e. The van der Waals surface area contributed by atoms with Gasteiger partial charge >= 0.3 is 0 Å². The average molecular weight is 248 g/mol. The number of para-hydroxylation sites is 1. The maximum atomic E-state index is 5.80. The van der Waals surface area contributed by atoms with Crippen LogP contribution < -0.4 is 10.5 Å². The summed E-state index contributed by atoms with van der Waals surface area (Å²) in [5.41, 5.74) is 8.91. The van der Waals surface area contributed by atoms with Gasteiger partial charge in [0.2, 0.25) is 0 Å². The zero-order valence-electron chi connectivity index (χ0n) is 10.1. The summed E-state index contributed by atoms with van der Waals surface area (Å²) >= 11 is 1.47. The van der Waals surface area contributed by atoms with Crippen LogP contribution in [0.5, 0.6) is 5.75 Å². The number of ether oxygens (including phenoxy) is 1. The number of hydrogen-bond donors (Lipinski definition) is 1. The summed E-state index contributed by atoms with van der Waals surface area (Å²) in [6.07, 6.45) is 0.793. The Morgan fingerprint density at radius 3 is 2.59 bits per heavy atom. The van der Waals surface area contributed by atoms with Crippen LogP contribution in [0.1, 0.15) is 16.8 Å². The molecule has 0 atom stereocenters. The van der Waals surface area contributed by atoms with E-state index in [1.807, 2.05) is 11.4 Å². The smallest absolute Gasteiger partial charge is 0.180 e. The van der Waals surface area contributed by atoms with Crippen molar-refractivity contribution in [2.75, 3.05) is 12.3 Å². The van der Waals surface area contributed by atoms with Crippen molar-refractivity contribution in [3.63, 3.8) is 0 Å². The van der Waals surface area contributed by atoms with Gasteiger partial charge in [-0.05, 0) is 25.0 Å². The molecule has 0 saturated carbocycles. The Labute approximate surface area is 105 Å². The fraction of sp³-hybridized carbons (Fsp3) is 0.308. The number of aryl methyl sites for hydroxylation is 2. The summed E-state index contributed by atoms with van der Waals surface area (Å²) in [5, 5.41) is 2.59. The zero-order chi connectivity index (χ0) is 12.3. The van der Waals surface area contributed by atoms with Gasteiger partial charge < -0.3 is 10.5 Å². The molecule has 17 heavy (non-hydrogen) atoms. The molecule has 0 unspecified atom stereocenters. The molecule has 1 aromatic heterocycles. The van der Waals surface area contributed by atoms with Gasteiger partial charge in [0.1, 0.15) is 5.75 Å². The molecule has 1 heterocycles. The van der Waals surface area contributed by atoms with E-state index in [-0.39, 0.29) is 0 Å². The number of benzene rings is 1. The number of thiazole rings is 1. The highest BCUT2D eigenvalue weighted by molar-refractivity contribution is 7.13. The Morgan fingerprint density at radius 2 is 2.00 bits per heavy atom. The molecule has 2 rings (SSSR count). The van der Waals surface area contributed by atoms with E-state index in [4.69, 9.17) is 10.5 Å². The third kappa shape index (κ3) is 2.97. The molecule has 0 aliphatic rings. The van der Waals surface area contributed by atoms with E-state index in [0.717, 1.165) is 17.9 Å². The van der Waals surface area contributed by atoms with Crippen LogP contribution in [-0.2, 0) is 6.42 Å². The molecule has 0 radical (unpaired) electrons. The van der Waals surface area contributed by atoms with Crippen LogP contribution in [0.2, 0.25) is 0 Å². The highest BCUT2D eigenvalue weighted by Crippen LogP contribution is 2.22. The molecule has 0 saturated heterocycles. The quantitative estimate of drug-likeness (QED) is 0.905. The summed E-state index contributed by atoms with van der Waals surface area (Å²) in [5.74, 6) is 0.982. The molecule has 1 aromatic carbocycles. The average Bonchev–Trinajstić information content (AvgIpc) is 2.69. The molecule has 0 fully saturated rings. The van der Waals surface area contributed by atoms with Crippen molar-refractivity contribution in [2.45, 2.75) is 20.3 Å². The van der Waals surface area contributed by atoms with Gasteiger partial charge in [-0.3, -0.25) is 0 Å². The Kier molecular flexibility index (Phi) is 3.64. The van der Waals surface area contributed by atoms with Crippen molar-refractivity contribution in [3.8, 4) is 5.75 Å². The molecule has 3 nitrogen and oxygen atoms in total. The van der Waals surface area contributed by atoms with E-state index in [1.54, 1.807) is 0 Å². The minimum atomic E-state index is 0.618. The first-order valence-electron chi connectivity index (χ1n) is 5.55. The second-order valence-electron chi connectivity index (χ2n) is 4.00. The monoisotopic (exact) mass is 248 g/mol. The maximum absolute atomic E-state index is 5.80. The minimum absolute atomic E-state index is 0.618. The number of nitrogens with two attached hydrogens (primary N) is 1. The summed E-state index contributed by atoms with van der Waals surface area (Å²) in [7, 11) is 0. The van der Waals surface area contributed by atoms with Crippen LogP contribution in [0.15, 0.2) is 23.6 Å². The zero-order valence-corrected chi connectivity index (χ0v) is 10.9. The molecule has 0 bridgehead atoms. The molecule has 0 aliphatic carbocycles. The van der Waals surface area contributed by atoms with Crippen LogP contribution >= 0.6 is 11.3 Å². The van der Waals surface area contributed by atoms with E-state index in [2.05, 4.69) is 31.0 Å². The molecular weight excluding hydrogens is 232 g/mol. The van der Waals surface area contributed by atoms with Crippen LogP contribution in [0.3, 0.4) is 0 Å². The van der Waals surface area contributed by atoms with Gasteiger partial charge in [-0.1, -0.05) is 18.2 Å². The van der Waals surface area contributed by atoms with Crippen LogP contribution in [0.25, 0.3) is 0 Å². The van der Waals surface area contributed by atoms with E-state index in [0.29, 0.717) is 11.7 Å². The maximum Gasteiger partial charge on any atom is 0.180 e. The van der Waals surface area contributed by atoms with Crippen LogP contribution in [0, 0.1) is 13.8 Å². The van der Waals surface area contributed by atoms with Gasteiger partial charge in [0.15, 0.2) is 5.13 Å². The van der Waals surface area contributed by atoms with E-state index in [9.17, 15) is 0 Å². The van der Waals surface area contributed by atoms with E-state index < -0.39 is 0 Å². The van der Waals surface area contributed by atoms with Crippen LogP contribution in [-0.4, -0.2) is 11.6 Å². The third-order valence-electron chi connectivity index (χ3n) is 2.58. The van der Waals surface area contributed by atoms with Crippen LogP contribution in [0.4, 0.5) is 5.13 Å². The lowest BCUT2D eigenvalue weighted by molar-refractivity contribution is 0.316. The van der Waals surface area contributed by atoms with Crippen molar-refractivity contribution < 1.29 is 4.74 Å². The van der Waals surface area contributed by atoms with E-state index in [1.165, 1.54) is 22.5 Å². The Balaban J connectivity index is 1.94. The highest BCUT2D eigenvalue weighted by atomic mass is 32.1. The van der Waals surface area contributed by atoms with E-state index >= 15 is 0 Å². The molecule has 2 N–H and O–H groups in total. The minimum Gasteiger partial charge on any atom is -0.493 e. The number of nitrogen functional groups attached to an aromatic ring is 1. The van der Waals surface area contributed by atoms with Crippen molar-refractivity contribution >= 4 is 16.5 Å². The molecule has 4 heteroatoms. The predicted octanol–water partition coefficient (Wildman–Crippen LogP) is 2.96. The first-order chi connectivity index (χ1) is 8.16. The number of nitrogens with zero attached hydrogens (tertiary/aromatic N) is 1. The SMILES string of the molecule is Cc1cccc(C)c1OCCc1csc(N)n1. The Hall–Kier alpha value is -1.55.